The van der Waals surface area contributed by atoms with Gasteiger partial charge in [0.25, 0.3) is 5.91 Å². The zero-order valence-electron chi connectivity index (χ0n) is 13.5. The molecule has 1 heterocycles. The van der Waals surface area contributed by atoms with Crippen LogP contribution in [0.1, 0.15) is 45.1 Å². The molecule has 2 rings (SSSR count). The second-order valence-electron chi connectivity index (χ2n) is 5.88. The van der Waals surface area contributed by atoms with Crippen molar-refractivity contribution < 1.29 is 14.3 Å². The Bertz CT molecular complexity index is 500. The molecule has 2 unspecified atom stereocenters. The maximum atomic E-state index is 12.5. The summed E-state index contributed by atoms with van der Waals surface area (Å²) in [6.45, 7) is 4.55. The van der Waals surface area contributed by atoms with E-state index in [4.69, 9.17) is 4.74 Å². The number of piperidine rings is 1. The monoisotopic (exact) mass is 303 g/mol. The van der Waals surface area contributed by atoms with Crippen LogP contribution >= 0.6 is 0 Å². The number of nitrogens with zero attached hydrogens (tertiary/aromatic N) is 1. The summed E-state index contributed by atoms with van der Waals surface area (Å²) in [5, 5.41) is 0. The number of amides is 1. The van der Waals surface area contributed by atoms with Crippen molar-refractivity contribution in [2.45, 2.75) is 58.1 Å². The number of benzene rings is 1. The summed E-state index contributed by atoms with van der Waals surface area (Å²) in [6.07, 6.45) is 3.71. The van der Waals surface area contributed by atoms with Gasteiger partial charge in [0.05, 0.1) is 6.42 Å². The number of ether oxygens (including phenoxy) is 1. The van der Waals surface area contributed by atoms with Gasteiger partial charge in [0.2, 0.25) is 0 Å². The number of carbonyl (C=O) groups is 2. The largest absolute Gasteiger partial charge is 0.452 e. The molecule has 0 aliphatic carbocycles. The summed E-state index contributed by atoms with van der Waals surface area (Å²) in [5.74, 6) is -0.412. The van der Waals surface area contributed by atoms with Gasteiger partial charge in [-0.25, -0.2) is 0 Å². The van der Waals surface area contributed by atoms with Gasteiger partial charge in [-0.15, -0.1) is 0 Å². The third-order valence-electron chi connectivity index (χ3n) is 4.23. The summed E-state index contributed by atoms with van der Waals surface area (Å²) >= 11 is 0. The normalized spacial score (nSPS) is 19.5. The Hall–Kier alpha value is -1.84. The molecule has 0 N–H and O–H groups in total. The van der Waals surface area contributed by atoms with Gasteiger partial charge < -0.3 is 9.64 Å². The quantitative estimate of drug-likeness (QED) is 0.786. The average molecular weight is 303 g/mol. The molecular formula is C18H25NO3. The zero-order valence-corrected chi connectivity index (χ0v) is 13.5. The lowest BCUT2D eigenvalue weighted by Gasteiger charge is -2.36. The second kappa shape index (κ2) is 7.97. The van der Waals surface area contributed by atoms with Crippen LogP contribution < -0.4 is 0 Å². The maximum Gasteiger partial charge on any atom is 0.311 e. The molecule has 1 fully saturated rings. The molecule has 0 saturated carbocycles. The van der Waals surface area contributed by atoms with Crippen LogP contribution in [0.5, 0.6) is 0 Å². The molecule has 0 bridgehead atoms. The Labute approximate surface area is 132 Å². The Morgan fingerprint density at radius 3 is 2.68 bits per heavy atom. The fourth-order valence-electron chi connectivity index (χ4n) is 3.00. The van der Waals surface area contributed by atoms with E-state index in [9.17, 15) is 9.59 Å². The number of likely N-dealkylation sites (tertiary alicyclic amines) is 1. The van der Waals surface area contributed by atoms with Gasteiger partial charge in [-0.3, -0.25) is 9.59 Å². The van der Waals surface area contributed by atoms with Gasteiger partial charge in [0, 0.05) is 12.6 Å². The molecule has 1 aliphatic heterocycles. The molecule has 0 spiro atoms. The molecule has 1 aromatic carbocycles. The Morgan fingerprint density at radius 2 is 2.00 bits per heavy atom. The highest BCUT2D eigenvalue weighted by atomic mass is 16.5. The third kappa shape index (κ3) is 4.33. The third-order valence-corrected chi connectivity index (χ3v) is 4.23. The lowest BCUT2D eigenvalue weighted by molar-refractivity contribution is -0.160. The number of rotatable bonds is 5. The number of hydrogen-bond donors (Lipinski definition) is 0. The van der Waals surface area contributed by atoms with Crippen LogP contribution in [0.3, 0.4) is 0 Å². The number of carbonyl (C=O) groups excluding carboxylic acids is 2. The van der Waals surface area contributed by atoms with Crippen molar-refractivity contribution in [2.24, 2.45) is 0 Å². The van der Waals surface area contributed by atoms with E-state index in [0.717, 1.165) is 31.4 Å². The van der Waals surface area contributed by atoms with Crippen molar-refractivity contribution in [3.63, 3.8) is 0 Å². The van der Waals surface area contributed by atoms with Gasteiger partial charge >= 0.3 is 5.97 Å². The molecule has 120 valence electrons. The molecule has 4 heteroatoms. The van der Waals surface area contributed by atoms with Gasteiger partial charge in [-0.05, 0) is 38.2 Å². The predicted octanol–water partition coefficient (Wildman–Crippen LogP) is 2.95. The smallest absolute Gasteiger partial charge is 0.311 e. The maximum absolute atomic E-state index is 12.5. The Morgan fingerprint density at radius 1 is 1.27 bits per heavy atom. The molecule has 4 nitrogen and oxygen atoms in total. The second-order valence-corrected chi connectivity index (χ2v) is 5.88. The van der Waals surface area contributed by atoms with Crippen molar-refractivity contribution in [2.75, 3.05) is 6.54 Å². The summed E-state index contributed by atoms with van der Waals surface area (Å²) in [4.78, 5) is 26.4. The van der Waals surface area contributed by atoms with E-state index >= 15 is 0 Å². The van der Waals surface area contributed by atoms with E-state index in [1.165, 1.54) is 6.42 Å². The van der Waals surface area contributed by atoms with Crippen molar-refractivity contribution in [1.29, 1.82) is 0 Å². The van der Waals surface area contributed by atoms with Crippen LogP contribution in [0, 0.1) is 0 Å². The van der Waals surface area contributed by atoms with Gasteiger partial charge in [-0.1, -0.05) is 37.3 Å². The first-order chi connectivity index (χ1) is 10.6. The molecule has 1 aromatic rings. The minimum Gasteiger partial charge on any atom is -0.452 e. The average Bonchev–Trinajstić information content (AvgIpc) is 2.54. The van der Waals surface area contributed by atoms with Crippen LogP contribution in [0.4, 0.5) is 0 Å². The summed E-state index contributed by atoms with van der Waals surface area (Å²) < 4.78 is 5.33. The van der Waals surface area contributed by atoms with Crippen molar-refractivity contribution in [1.82, 2.24) is 4.90 Å². The Kier molecular flexibility index (Phi) is 5.99. The van der Waals surface area contributed by atoms with Gasteiger partial charge in [0.1, 0.15) is 0 Å². The van der Waals surface area contributed by atoms with Crippen molar-refractivity contribution >= 4 is 11.9 Å². The van der Waals surface area contributed by atoms with E-state index in [-0.39, 0.29) is 24.3 Å². The van der Waals surface area contributed by atoms with Crippen LogP contribution in [0.2, 0.25) is 0 Å². The lowest BCUT2D eigenvalue weighted by Crippen LogP contribution is -2.48. The van der Waals surface area contributed by atoms with Crippen LogP contribution in [-0.2, 0) is 20.7 Å². The zero-order chi connectivity index (χ0) is 15.9. The van der Waals surface area contributed by atoms with Crippen molar-refractivity contribution in [3.8, 4) is 0 Å². The van der Waals surface area contributed by atoms with E-state index in [1.54, 1.807) is 6.92 Å². The number of hydrogen-bond acceptors (Lipinski definition) is 3. The standard InChI is InChI=1S/C18H25NO3/c1-3-16-11-7-8-12-19(16)18(21)14(2)22-17(20)13-15-9-5-4-6-10-15/h4-6,9-10,14,16H,3,7-8,11-13H2,1-2H3. The molecule has 0 aromatic heterocycles. The van der Waals surface area contributed by atoms with Crippen LogP contribution in [-0.4, -0.2) is 35.5 Å². The summed E-state index contributed by atoms with van der Waals surface area (Å²) in [7, 11) is 0. The molecule has 22 heavy (non-hydrogen) atoms. The fourth-order valence-corrected chi connectivity index (χ4v) is 3.00. The highest BCUT2D eigenvalue weighted by molar-refractivity contribution is 5.84. The fraction of sp³-hybridized carbons (Fsp3) is 0.556. The van der Waals surface area contributed by atoms with E-state index in [2.05, 4.69) is 6.92 Å². The summed E-state index contributed by atoms with van der Waals surface area (Å²) in [5.41, 5.74) is 0.900. The minimum absolute atomic E-state index is 0.0621. The van der Waals surface area contributed by atoms with Gasteiger partial charge in [-0.2, -0.15) is 0 Å². The highest BCUT2D eigenvalue weighted by Gasteiger charge is 2.30. The molecule has 1 amide bonds. The SMILES string of the molecule is CCC1CCCCN1C(=O)C(C)OC(=O)Cc1ccccc1. The van der Waals surface area contributed by atoms with Crippen LogP contribution in [0.15, 0.2) is 30.3 Å². The van der Waals surface area contributed by atoms with E-state index < -0.39 is 6.10 Å². The first-order valence-corrected chi connectivity index (χ1v) is 8.15. The topological polar surface area (TPSA) is 46.6 Å². The van der Waals surface area contributed by atoms with Gasteiger partial charge in [0.15, 0.2) is 6.10 Å². The van der Waals surface area contributed by atoms with E-state index in [1.807, 2.05) is 35.2 Å². The van der Waals surface area contributed by atoms with E-state index in [0.29, 0.717) is 0 Å². The molecule has 0 radical (unpaired) electrons. The molecular weight excluding hydrogens is 278 g/mol. The molecule has 1 saturated heterocycles. The molecule has 2 atom stereocenters. The number of esters is 1. The molecule has 1 aliphatic rings. The highest BCUT2D eigenvalue weighted by Crippen LogP contribution is 2.20. The Balaban J connectivity index is 1.89. The van der Waals surface area contributed by atoms with Crippen LogP contribution in [0.25, 0.3) is 0 Å². The summed E-state index contributed by atoms with van der Waals surface area (Å²) in [6, 6.07) is 9.73. The lowest BCUT2D eigenvalue weighted by atomic mass is 9.99. The first-order valence-electron chi connectivity index (χ1n) is 8.15. The minimum atomic E-state index is -0.705. The first kappa shape index (κ1) is 16.5. The predicted molar refractivity (Wildman–Crippen MR) is 85.3 cm³/mol. The van der Waals surface area contributed by atoms with Crippen molar-refractivity contribution in [3.05, 3.63) is 35.9 Å².